The molecular formula is C19H24F3N7O4. The Hall–Kier alpha value is -3.81. The SMILES string of the molecule is C=C(/C=N\C(C(=O)Nc1ccc(F)c([C@@]2(C)N=C(N)OCC2(F)F)n1)=C(N)N)OCCOC. The van der Waals surface area contributed by atoms with Crippen LogP contribution in [0.3, 0.4) is 0 Å². The molecule has 0 spiro atoms. The number of nitrogens with zero attached hydrogens (tertiary/aromatic N) is 3. The molecule has 7 N–H and O–H groups in total. The third kappa shape index (κ3) is 5.91. The monoisotopic (exact) mass is 471 g/mol. The minimum absolute atomic E-state index is 0.0888. The molecule has 0 fully saturated rings. The van der Waals surface area contributed by atoms with Crippen molar-refractivity contribution in [1.82, 2.24) is 4.98 Å². The second-order valence-corrected chi connectivity index (χ2v) is 6.87. The van der Waals surface area contributed by atoms with E-state index in [-0.39, 0.29) is 18.2 Å². The molecule has 1 amide bonds. The summed E-state index contributed by atoms with van der Waals surface area (Å²) in [5.74, 6) is -6.36. The first-order chi connectivity index (χ1) is 15.4. The Morgan fingerprint density at radius 3 is 2.73 bits per heavy atom. The molecule has 0 saturated heterocycles. The van der Waals surface area contributed by atoms with Crippen molar-refractivity contribution < 1.29 is 32.2 Å². The number of alkyl halides is 2. The van der Waals surface area contributed by atoms with Gasteiger partial charge in [0.25, 0.3) is 11.9 Å². The lowest BCUT2D eigenvalue weighted by Gasteiger charge is -2.36. The molecule has 0 aromatic carbocycles. The summed E-state index contributed by atoms with van der Waals surface area (Å²) in [6, 6.07) is 1.33. The van der Waals surface area contributed by atoms with Crippen LogP contribution >= 0.6 is 0 Å². The maximum atomic E-state index is 14.5. The fourth-order valence-electron chi connectivity index (χ4n) is 2.59. The van der Waals surface area contributed by atoms with Crippen molar-refractivity contribution in [2.75, 3.05) is 32.2 Å². The molecule has 14 heteroatoms. The molecule has 1 aromatic rings. The van der Waals surface area contributed by atoms with Crippen molar-refractivity contribution in [1.29, 1.82) is 0 Å². The van der Waals surface area contributed by atoms with Gasteiger partial charge < -0.3 is 36.7 Å². The predicted octanol–water partition coefficient (Wildman–Crippen LogP) is 0.689. The summed E-state index contributed by atoms with van der Waals surface area (Å²) in [7, 11) is 1.49. The molecule has 0 radical (unpaired) electrons. The van der Waals surface area contributed by atoms with Gasteiger partial charge in [0.2, 0.25) is 0 Å². The second kappa shape index (κ2) is 10.2. The van der Waals surface area contributed by atoms with E-state index in [1.54, 1.807) is 0 Å². The molecular weight excluding hydrogens is 447 g/mol. The van der Waals surface area contributed by atoms with Crippen LogP contribution in [0.1, 0.15) is 12.6 Å². The molecule has 1 aliphatic rings. The molecule has 11 nitrogen and oxygen atoms in total. The minimum Gasteiger partial charge on any atom is -0.490 e. The number of aromatic nitrogens is 1. The molecule has 0 bridgehead atoms. The molecule has 0 unspecified atom stereocenters. The molecule has 1 atom stereocenters. The first-order valence-corrected chi connectivity index (χ1v) is 9.35. The Kier molecular flexibility index (Phi) is 7.87. The largest absolute Gasteiger partial charge is 0.490 e. The predicted molar refractivity (Wildman–Crippen MR) is 114 cm³/mol. The van der Waals surface area contributed by atoms with Crippen molar-refractivity contribution in [3.8, 4) is 0 Å². The van der Waals surface area contributed by atoms with Gasteiger partial charge >= 0.3 is 5.92 Å². The molecule has 0 saturated carbocycles. The lowest BCUT2D eigenvalue weighted by Crippen LogP contribution is -2.51. The van der Waals surface area contributed by atoms with Gasteiger partial charge in [-0.3, -0.25) is 4.79 Å². The Morgan fingerprint density at radius 1 is 1.39 bits per heavy atom. The van der Waals surface area contributed by atoms with Crippen LogP contribution < -0.4 is 22.5 Å². The molecule has 1 aromatic heterocycles. The lowest BCUT2D eigenvalue weighted by molar-refractivity contribution is -0.118. The smallest absolute Gasteiger partial charge is 0.311 e. The van der Waals surface area contributed by atoms with Gasteiger partial charge in [-0.1, -0.05) is 6.58 Å². The van der Waals surface area contributed by atoms with E-state index in [9.17, 15) is 18.0 Å². The second-order valence-electron chi connectivity index (χ2n) is 6.87. The number of carbonyl (C=O) groups excluding carboxylic acids is 1. The van der Waals surface area contributed by atoms with Crippen molar-refractivity contribution >= 4 is 24.0 Å². The Morgan fingerprint density at radius 2 is 2.09 bits per heavy atom. The number of nitrogens with two attached hydrogens (primary N) is 3. The molecule has 2 rings (SSSR count). The van der Waals surface area contributed by atoms with Gasteiger partial charge in [0.15, 0.2) is 17.8 Å². The summed E-state index contributed by atoms with van der Waals surface area (Å²) < 4.78 is 58.1. The van der Waals surface area contributed by atoms with Crippen molar-refractivity contribution in [3.63, 3.8) is 0 Å². The number of allylic oxidation sites excluding steroid dienone is 1. The zero-order valence-corrected chi connectivity index (χ0v) is 17.9. The van der Waals surface area contributed by atoms with Crippen LogP contribution in [0.5, 0.6) is 0 Å². The number of halogens is 3. The fraction of sp³-hybridized carbons (Fsp3) is 0.368. The topological polar surface area (TPSA) is 172 Å². The van der Waals surface area contributed by atoms with E-state index in [2.05, 4.69) is 31.6 Å². The number of aliphatic imine (C=N–C) groups is 2. The summed E-state index contributed by atoms with van der Waals surface area (Å²) in [5.41, 5.74) is 12.7. The van der Waals surface area contributed by atoms with Crippen LogP contribution in [0.4, 0.5) is 19.0 Å². The van der Waals surface area contributed by atoms with E-state index in [1.807, 2.05) is 0 Å². The number of rotatable bonds is 9. The molecule has 2 heterocycles. The molecule has 0 aliphatic carbocycles. The van der Waals surface area contributed by atoms with E-state index in [4.69, 9.17) is 26.7 Å². The van der Waals surface area contributed by atoms with E-state index in [0.29, 0.717) is 6.61 Å². The van der Waals surface area contributed by atoms with Crippen LogP contribution in [-0.4, -0.2) is 56.0 Å². The average Bonchev–Trinajstić information content (AvgIpc) is 2.72. The first kappa shape index (κ1) is 25.5. The van der Waals surface area contributed by atoms with Gasteiger partial charge in [0, 0.05) is 7.11 Å². The first-order valence-electron chi connectivity index (χ1n) is 9.35. The number of nitrogens with one attached hydrogen (secondary N) is 1. The maximum Gasteiger partial charge on any atom is 0.311 e. The number of amides is 1. The molecule has 180 valence electrons. The summed E-state index contributed by atoms with van der Waals surface area (Å²) in [6.45, 7) is 3.89. The maximum absolute atomic E-state index is 14.5. The number of amidine groups is 1. The van der Waals surface area contributed by atoms with Gasteiger partial charge in [0.05, 0.1) is 12.8 Å². The Labute approximate surface area is 187 Å². The van der Waals surface area contributed by atoms with E-state index < -0.39 is 53.0 Å². The van der Waals surface area contributed by atoms with E-state index in [0.717, 1.165) is 25.3 Å². The van der Waals surface area contributed by atoms with Gasteiger partial charge in [-0.05, 0) is 19.1 Å². The average molecular weight is 471 g/mol. The highest BCUT2D eigenvalue weighted by atomic mass is 19.3. The molecule has 1 aliphatic heterocycles. The van der Waals surface area contributed by atoms with Crippen LogP contribution in [0.15, 0.2) is 46.0 Å². The Balaban J connectivity index is 2.28. The minimum atomic E-state index is -3.65. The zero-order valence-electron chi connectivity index (χ0n) is 17.9. The van der Waals surface area contributed by atoms with Gasteiger partial charge in [-0.25, -0.2) is 19.4 Å². The van der Waals surface area contributed by atoms with E-state index >= 15 is 0 Å². The standard InChI is InChI=1S/C19H24F3N7O4/c1-10(32-7-6-31-3)8-26-13(15(23)24)16(30)28-12-5-4-11(20)14(27-12)18(2)19(21,22)9-33-17(25)29-18/h4-5,8H,1,6-7,9,23-24H2,2-3H3,(H2,25,29)(H,27,28,30)/b26-8-/t18-/m1/s1. The quantitative estimate of drug-likeness (QED) is 0.176. The third-order valence-corrected chi connectivity index (χ3v) is 4.40. The number of ether oxygens (including phenoxy) is 3. The normalized spacial score (nSPS) is 19.4. The number of pyridine rings is 1. The number of anilines is 1. The van der Waals surface area contributed by atoms with E-state index in [1.165, 1.54) is 7.11 Å². The van der Waals surface area contributed by atoms with Crippen LogP contribution in [-0.2, 0) is 24.5 Å². The van der Waals surface area contributed by atoms with Gasteiger partial charge in [0.1, 0.15) is 35.5 Å². The highest BCUT2D eigenvalue weighted by molar-refractivity contribution is 6.04. The number of carbonyl (C=O) groups is 1. The summed E-state index contributed by atoms with van der Waals surface area (Å²) in [4.78, 5) is 23.8. The third-order valence-electron chi connectivity index (χ3n) is 4.40. The van der Waals surface area contributed by atoms with Crippen molar-refractivity contribution in [2.45, 2.75) is 18.4 Å². The summed E-state index contributed by atoms with van der Waals surface area (Å²) in [6.07, 6.45) is 1.09. The van der Waals surface area contributed by atoms with Gasteiger partial charge in [-0.15, -0.1) is 0 Å². The Bertz CT molecular complexity index is 1010. The highest BCUT2D eigenvalue weighted by Gasteiger charge is 2.57. The summed E-state index contributed by atoms with van der Waals surface area (Å²) >= 11 is 0. The van der Waals surface area contributed by atoms with Crippen molar-refractivity contribution in [3.05, 3.63) is 47.5 Å². The number of hydrogen-bond acceptors (Lipinski definition) is 10. The number of hydrogen-bond donors (Lipinski definition) is 4. The lowest BCUT2D eigenvalue weighted by atomic mass is 9.89. The summed E-state index contributed by atoms with van der Waals surface area (Å²) in [5, 5.41) is 2.27. The van der Waals surface area contributed by atoms with Crippen LogP contribution in [0, 0.1) is 5.82 Å². The molecule has 33 heavy (non-hydrogen) atoms. The zero-order chi connectivity index (χ0) is 24.8. The van der Waals surface area contributed by atoms with Gasteiger partial charge in [-0.2, -0.15) is 8.78 Å². The van der Waals surface area contributed by atoms with Crippen molar-refractivity contribution in [2.24, 2.45) is 27.2 Å². The highest BCUT2D eigenvalue weighted by Crippen LogP contribution is 2.43. The fourth-order valence-corrected chi connectivity index (χ4v) is 2.59. The van der Waals surface area contributed by atoms with Crippen LogP contribution in [0.25, 0.3) is 0 Å². The number of methoxy groups -OCH3 is 1. The van der Waals surface area contributed by atoms with Crippen LogP contribution in [0.2, 0.25) is 0 Å².